The first-order chi connectivity index (χ1) is 7.68. The minimum Gasteiger partial charge on any atom is -0.321 e. The zero-order chi connectivity index (χ0) is 11.5. The quantitative estimate of drug-likeness (QED) is 0.881. The maximum absolute atomic E-state index is 11.6. The van der Waals surface area contributed by atoms with E-state index >= 15 is 0 Å². The van der Waals surface area contributed by atoms with Gasteiger partial charge < -0.3 is 10.3 Å². The summed E-state index contributed by atoms with van der Waals surface area (Å²) in [5, 5.41) is 0. The van der Waals surface area contributed by atoms with Crippen LogP contribution in [0.25, 0.3) is 5.69 Å². The molecule has 2 rings (SSSR count). The molecule has 1 aromatic carbocycles. The third-order valence-corrected chi connectivity index (χ3v) is 2.37. The number of nitrogens with zero attached hydrogens (tertiary/aromatic N) is 2. The van der Waals surface area contributed by atoms with Gasteiger partial charge in [-0.3, -0.25) is 4.79 Å². The van der Waals surface area contributed by atoms with Crippen molar-refractivity contribution in [2.75, 3.05) is 0 Å². The summed E-state index contributed by atoms with van der Waals surface area (Å²) in [6.45, 7) is 1.69. The Labute approximate surface area is 118 Å². The lowest BCUT2D eigenvalue weighted by Crippen LogP contribution is -2.26. The van der Waals surface area contributed by atoms with E-state index in [1.807, 2.05) is 22.9 Å². The number of carbonyl (C=O) groups excluding carboxylic acids is 1. The van der Waals surface area contributed by atoms with Crippen molar-refractivity contribution in [3.05, 3.63) is 48.5 Å². The third-order valence-electron chi connectivity index (χ3n) is 2.37. The van der Waals surface area contributed by atoms with E-state index in [-0.39, 0.29) is 30.6 Å². The monoisotopic (exact) mass is 287 g/mol. The molecule has 1 heterocycles. The largest absolute Gasteiger partial charge is 0.321 e. The number of nitrogens with two attached hydrogens (primary N) is 1. The normalized spacial score (nSPS) is 11.0. The number of aromatic nitrogens is 2. The first-order valence-electron chi connectivity index (χ1n) is 5.06. The second kappa shape index (κ2) is 7.16. The van der Waals surface area contributed by atoms with E-state index < -0.39 is 6.04 Å². The first kappa shape index (κ1) is 16.6. The number of Topliss-reactive ketones (excluding diaryl/α,β-unsaturated/α-hetero) is 1. The van der Waals surface area contributed by atoms with Gasteiger partial charge in [-0.15, -0.1) is 24.8 Å². The molecule has 18 heavy (non-hydrogen) atoms. The molecule has 0 aliphatic rings. The standard InChI is InChI=1S/C12H13N3O.2ClH/c1-9(13)12(16)10-2-4-11(5-3-10)15-7-6-14-8-15;;/h2-9H,13H2,1H3;2*1H. The molecule has 0 saturated heterocycles. The molecule has 0 spiro atoms. The fraction of sp³-hybridized carbons (Fsp3) is 0.167. The number of benzene rings is 1. The molecule has 0 bridgehead atoms. The predicted molar refractivity (Wildman–Crippen MR) is 76.0 cm³/mol. The van der Waals surface area contributed by atoms with Crippen LogP contribution in [0.15, 0.2) is 43.0 Å². The highest BCUT2D eigenvalue weighted by atomic mass is 35.5. The van der Waals surface area contributed by atoms with Crippen LogP contribution in [0.1, 0.15) is 17.3 Å². The van der Waals surface area contributed by atoms with Crippen molar-refractivity contribution in [3.63, 3.8) is 0 Å². The van der Waals surface area contributed by atoms with Crippen molar-refractivity contribution >= 4 is 30.6 Å². The van der Waals surface area contributed by atoms with E-state index in [0.29, 0.717) is 5.56 Å². The van der Waals surface area contributed by atoms with Gasteiger partial charge in [0.05, 0.1) is 12.4 Å². The molecular formula is C12H15Cl2N3O. The van der Waals surface area contributed by atoms with Gasteiger partial charge in [0, 0.05) is 23.6 Å². The minimum atomic E-state index is -0.459. The van der Waals surface area contributed by atoms with Crippen molar-refractivity contribution in [1.82, 2.24) is 9.55 Å². The summed E-state index contributed by atoms with van der Waals surface area (Å²) in [7, 11) is 0. The summed E-state index contributed by atoms with van der Waals surface area (Å²) in [4.78, 5) is 15.6. The Morgan fingerprint density at radius 1 is 1.28 bits per heavy atom. The fourth-order valence-electron chi connectivity index (χ4n) is 1.47. The molecule has 6 heteroatoms. The van der Waals surface area contributed by atoms with Crippen LogP contribution in [-0.2, 0) is 0 Å². The Bertz CT molecular complexity index is 481. The molecule has 0 amide bonds. The maximum atomic E-state index is 11.6. The Balaban J connectivity index is 0.00000144. The Morgan fingerprint density at radius 3 is 2.33 bits per heavy atom. The number of ketones is 1. The van der Waals surface area contributed by atoms with Crippen LogP contribution in [0.4, 0.5) is 0 Å². The van der Waals surface area contributed by atoms with Gasteiger partial charge in [0.25, 0.3) is 0 Å². The highest BCUT2D eigenvalue weighted by Crippen LogP contribution is 2.10. The number of imidazole rings is 1. The van der Waals surface area contributed by atoms with Crippen LogP contribution in [0.5, 0.6) is 0 Å². The van der Waals surface area contributed by atoms with Gasteiger partial charge in [-0.25, -0.2) is 4.98 Å². The Kier molecular flexibility index (Phi) is 6.62. The van der Waals surface area contributed by atoms with Crippen molar-refractivity contribution in [2.45, 2.75) is 13.0 Å². The smallest absolute Gasteiger partial charge is 0.179 e. The van der Waals surface area contributed by atoms with E-state index in [4.69, 9.17) is 5.73 Å². The van der Waals surface area contributed by atoms with Crippen LogP contribution in [-0.4, -0.2) is 21.4 Å². The Hall–Kier alpha value is -1.36. The molecule has 1 unspecified atom stereocenters. The molecule has 0 saturated carbocycles. The molecule has 0 aliphatic carbocycles. The van der Waals surface area contributed by atoms with Gasteiger partial charge in [0.2, 0.25) is 0 Å². The first-order valence-corrected chi connectivity index (χ1v) is 5.06. The van der Waals surface area contributed by atoms with Crippen molar-refractivity contribution in [3.8, 4) is 5.69 Å². The molecule has 1 atom stereocenters. The molecule has 98 valence electrons. The number of halogens is 2. The second-order valence-electron chi connectivity index (χ2n) is 3.67. The lowest BCUT2D eigenvalue weighted by Gasteiger charge is -2.06. The summed E-state index contributed by atoms with van der Waals surface area (Å²) in [6, 6.07) is 6.84. The number of carbonyl (C=O) groups is 1. The van der Waals surface area contributed by atoms with E-state index in [2.05, 4.69) is 4.98 Å². The van der Waals surface area contributed by atoms with Crippen molar-refractivity contribution in [1.29, 1.82) is 0 Å². The summed E-state index contributed by atoms with van der Waals surface area (Å²) >= 11 is 0. The molecule has 0 fully saturated rings. The van der Waals surface area contributed by atoms with Crippen LogP contribution in [0.2, 0.25) is 0 Å². The van der Waals surface area contributed by atoms with E-state index in [0.717, 1.165) is 5.69 Å². The van der Waals surface area contributed by atoms with Gasteiger partial charge in [0.15, 0.2) is 5.78 Å². The van der Waals surface area contributed by atoms with Gasteiger partial charge in [0.1, 0.15) is 0 Å². The minimum absolute atomic E-state index is 0. The third kappa shape index (κ3) is 3.57. The van der Waals surface area contributed by atoms with Crippen LogP contribution in [0.3, 0.4) is 0 Å². The topological polar surface area (TPSA) is 60.9 Å². The number of rotatable bonds is 3. The molecular weight excluding hydrogens is 273 g/mol. The lowest BCUT2D eigenvalue weighted by atomic mass is 10.1. The summed E-state index contributed by atoms with van der Waals surface area (Å²) in [6.07, 6.45) is 5.27. The van der Waals surface area contributed by atoms with E-state index in [9.17, 15) is 4.79 Å². The molecule has 1 aromatic heterocycles. The van der Waals surface area contributed by atoms with Crippen molar-refractivity contribution < 1.29 is 4.79 Å². The summed E-state index contributed by atoms with van der Waals surface area (Å²) in [5.74, 6) is -0.0443. The highest BCUT2D eigenvalue weighted by Gasteiger charge is 2.10. The van der Waals surface area contributed by atoms with E-state index in [1.54, 1.807) is 31.6 Å². The van der Waals surface area contributed by atoms with Crippen LogP contribution >= 0.6 is 24.8 Å². The Morgan fingerprint density at radius 2 is 1.89 bits per heavy atom. The average Bonchev–Trinajstić information content (AvgIpc) is 2.81. The number of hydrogen-bond donors (Lipinski definition) is 1. The summed E-state index contributed by atoms with van der Waals surface area (Å²) < 4.78 is 1.88. The maximum Gasteiger partial charge on any atom is 0.179 e. The number of hydrogen-bond acceptors (Lipinski definition) is 3. The zero-order valence-corrected chi connectivity index (χ0v) is 11.4. The average molecular weight is 288 g/mol. The molecule has 0 aliphatic heterocycles. The zero-order valence-electron chi connectivity index (χ0n) is 9.82. The van der Waals surface area contributed by atoms with Crippen molar-refractivity contribution in [2.24, 2.45) is 5.73 Å². The molecule has 2 aromatic rings. The molecule has 0 radical (unpaired) electrons. The fourth-order valence-corrected chi connectivity index (χ4v) is 1.47. The second-order valence-corrected chi connectivity index (χ2v) is 3.67. The summed E-state index contributed by atoms with van der Waals surface area (Å²) in [5.41, 5.74) is 7.14. The lowest BCUT2D eigenvalue weighted by molar-refractivity contribution is 0.0968. The van der Waals surface area contributed by atoms with Crippen LogP contribution in [0, 0.1) is 0 Å². The van der Waals surface area contributed by atoms with Gasteiger partial charge in [-0.05, 0) is 31.2 Å². The van der Waals surface area contributed by atoms with Gasteiger partial charge >= 0.3 is 0 Å². The molecule has 2 N–H and O–H groups in total. The predicted octanol–water partition coefficient (Wildman–Crippen LogP) is 2.25. The van der Waals surface area contributed by atoms with Gasteiger partial charge in [-0.2, -0.15) is 0 Å². The SMILES string of the molecule is CC(N)C(=O)c1ccc(-n2ccnc2)cc1.Cl.Cl. The highest BCUT2D eigenvalue weighted by molar-refractivity contribution is 5.99. The van der Waals surface area contributed by atoms with E-state index in [1.165, 1.54) is 0 Å². The van der Waals surface area contributed by atoms with Crippen LogP contribution < -0.4 is 5.73 Å². The molecule has 4 nitrogen and oxygen atoms in total. The van der Waals surface area contributed by atoms with Gasteiger partial charge in [-0.1, -0.05) is 0 Å².